The molecule has 2 saturated heterocycles. The summed E-state index contributed by atoms with van der Waals surface area (Å²) in [5.74, 6) is 0.951. The molecular weight excluding hydrogens is 516 g/mol. The molecule has 40 heavy (non-hydrogen) atoms. The van der Waals surface area contributed by atoms with E-state index in [9.17, 15) is 9.59 Å². The molecule has 4 heterocycles. The lowest BCUT2D eigenvalue weighted by Gasteiger charge is -2.33. The van der Waals surface area contributed by atoms with Gasteiger partial charge in [0.05, 0.1) is 11.1 Å². The van der Waals surface area contributed by atoms with Crippen LogP contribution in [0.25, 0.3) is 10.9 Å². The van der Waals surface area contributed by atoms with Gasteiger partial charge in [-0.25, -0.2) is 0 Å². The van der Waals surface area contributed by atoms with E-state index in [-0.39, 0.29) is 18.2 Å². The van der Waals surface area contributed by atoms with Crippen molar-refractivity contribution in [2.24, 2.45) is 11.7 Å². The summed E-state index contributed by atoms with van der Waals surface area (Å²) in [7, 11) is 0. The zero-order valence-electron chi connectivity index (χ0n) is 23.4. The van der Waals surface area contributed by atoms with Crippen LogP contribution >= 0.6 is 11.3 Å². The highest BCUT2D eigenvalue weighted by Gasteiger charge is 2.30. The fourth-order valence-electron chi connectivity index (χ4n) is 6.07. The normalized spacial score (nSPS) is 18.0. The number of carbonyl (C=O) groups is 2. The molecule has 6 nitrogen and oxygen atoms in total. The molecule has 2 amide bonds. The van der Waals surface area contributed by atoms with Gasteiger partial charge in [-0.2, -0.15) is 11.3 Å². The summed E-state index contributed by atoms with van der Waals surface area (Å²) in [6, 6.07) is 20.9. The minimum absolute atomic E-state index is 0.0928. The molecule has 2 aliphatic heterocycles. The van der Waals surface area contributed by atoms with Crippen LogP contribution in [0.5, 0.6) is 0 Å². The molecule has 0 bridgehead atoms. The van der Waals surface area contributed by atoms with Gasteiger partial charge < -0.3 is 20.1 Å². The van der Waals surface area contributed by atoms with Gasteiger partial charge in [-0.1, -0.05) is 54.1 Å². The van der Waals surface area contributed by atoms with Gasteiger partial charge in [0, 0.05) is 44.2 Å². The summed E-state index contributed by atoms with van der Waals surface area (Å²) in [6.07, 6.45) is 5.68. The molecule has 2 aromatic carbocycles. The fourth-order valence-corrected chi connectivity index (χ4v) is 6.52. The van der Waals surface area contributed by atoms with E-state index in [0.29, 0.717) is 18.4 Å². The molecule has 0 aliphatic carbocycles. The van der Waals surface area contributed by atoms with Crippen LogP contribution in [0.1, 0.15) is 53.1 Å². The van der Waals surface area contributed by atoms with Gasteiger partial charge in [0.15, 0.2) is 0 Å². The molecule has 2 aromatic heterocycles. The maximum atomic E-state index is 13.5. The number of aryl methyl sites for hydroxylation is 2. The molecule has 6 rings (SSSR count). The highest BCUT2D eigenvalue weighted by atomic mass is 32.1. The Kier molecular flexibility index (Phi) is 9.34. The van der Waals surface area contributed by atoms with Crippen LogP contribution in [0, 0.1) is 12.8 Å². The molecule has 0 spiro atoms. The topological polar surface area (TPSA) is 71.6 Å². The van der Waals surface area contributed by atoms with Crippen LogP contribution < -0.4 is 5.73 Å². The molecule has 210 valence electrons. The number of nitrogens with zero attached hydrogens (tertiary/aromatic N) is 3. The first-order chi connectivity index (χ1) is 19.5. The SMILES string of the molecule is Cc1ccc(C2CCN(C[C@H]3CCN(C(=O)c4cccc5ccn(CCC(N)=O)c45)C3)CC2)cc1.c1ccsc1. The molecule has 0 unspecified atom stereocenters. The number of amides is 2. The first-order valence-electron chi connectivity index (χ1n) is 14.4. The predicted octanol–water partition coefficient (Wildman–Crippen LogP) is 5.91. The number of benzene rings is 2. The Hall–Kier alpha value is -3.42. The Morgan fingerprint density at radius 3 is 2.35 bits per heavy atom. The summed E-state index contributed by atoms with van der Waals surface area (Å²) in [5.41, 5.74) is 9.77. The number of likely N-dealkylation sites (tertiary alicyclic amines) is 2. The van der Waals surface area contributed by atoms with Crippen molar-refractivity contribution >= 4 is 34.1 Å². The van der Waals surface area contributed by atoms with Crippen LogP contribution in [0.4, 0.5) is 0 Å². The van der Waals surface area contributed by atoms with Crippen molar-refractivity contribution in [2.75, 3.05) is 32.7 Å². The maximum Gasteiger partial charge on any atom is 0.256 e. The highest BCUT2D eigenvalue weighted by Crippen LogP contribution is 2.30. The lowest BCUT2D eigenvalue weighted by atomic mass is 9.88. The quantitative estimate of drug-likeness (QED) is 0.307. The van der Waals surface area contributed by atoms with Gasteiger partial charge in [0.25, 0.3) is 5.91 Å². The van der Waals surface area contributed by atoms with Crippen LogP contribution in [-0.2, 0) is 11.3 Å². The second kappa shape index (κ2) is 13.3. The number of hydrogen-bond acceptors (Lipinski definition) is 4. The number of nitrogens with two attached hydrogens (primary N) is 1. The number of piperidine rings is 1. The van der Waals surface area contributed by atoms with E-state index < -0.39 is 0 Å². The van der Waals surface area contributed by atoms with Crippen molar-refractivity contribution in [3.63, 3.8) is 0 Å². The summed E-state index contributed by atoms with van der Waals surface area (Å²) < 4.78 is 1.99. The molecule has 2 fully saturated rings. The first-order valence-corrected chi connectivity index (χ1v) is 15.3. The van der Waals surface area contributed by atoms with Gasteiger partial charge in [0.2, 0.25) is 5.91 Å². The summed E-state index contributed by atoms with van der Waals surface area (Å²) in [6.45, 7) is 7.60. The molecule has 2 aliphatic rings. The third-order valence-corrected chi connectivity index (χ3v) is 8.90. The number of hydrogen-bond donors (Lipinski definition) is 1. The van der Waals surface area contributed by atoms with Crippen LogP contribution in [0.3, 0.4) is 0 Å². The zero-order valence-corrected chi connectivity index (χ0v) is 24.2. The number of rotatable bonds is 7. The van der Waals surface area contributed by atoms with E-state index in [0.717, 1.165) is 55.6 Å². The lowest BCUT2D eigenvalue weighted by molar-refractivity contribution is -0.118. The monoisotopic (exact) mass is 556 g/mol. The molecular formula is C33H40N4O2S. The average Bonchev–Trinajstić information content (AvgIpc) is 3.76. The van der Waals surface area contributed by atoms with E-state index in [1.165, 1.54) is 24.0 Å². The number of primary amides is 1. The van der Waals surface area contributed by atoms with Gasteiger partial charge in [-0.15, -0.1) is 0 Å². The standard InChI is InChI=1S/C29H36N4O2.C4H4S/c1-21-5-7-23(8-6-21)24-10-14-31(15-11-24)19-22-9-16-33(20-22)29(35)26-4-2-3-25-12-17-32(28(25)26)18-13-27(30)34;1-2-4-5-3-1/h2-8,12,17,22,24H,9-11,13-16,18-20H2,1H3,(H2,30,34);1-4H/t22-;/m1./s1. The van der Waals surface area contributed by atoms with E-state index in [1.807, 2.05) is 62.8 Å². The van der Waals surface area contributed by atoms with Crippen molar-refractivity contribution in [1.29, 1.82) is 0 Å². The Bertz CT molecular complexity index is 1370. The number of para-hydroxylation sites is 1. The minimum atomic E-state index is -0.332. The number of carbonyl (C=O) groups excluding carboxylic acids is 2. The second-order valence-corrected chi connectivity index (χ2v) is 12.0. The predicted molar refractivity (Wildman–Crippen MR) is 164 cm³/mol. The van der Waals surface area contributed by atoms with Gasteiger partial charge in [-0.05, 0) is 79.6 Å². The summed E-state index contributed by atoms with van der Waals surface area (Å²) in [4.78, 5) is 29.4. The minimum Gasteiger partial charge on any atom is -0.370 e. The van der Waals surface area contributed by atoms with Crippen molar-refractivity contribution in [3.8, 4) is 0 Å². The largest absolute Gasteiger partial charge is 0.370 e. The Balaban J connectivity index is 0.000000582. The molecule has 1 atom stereocenters. The van der Waals surface area contributed by atoms with Crippen molar-refractivity contribution in [3.05, 3.63) is 94.3 Å². The summed E-state index contributed by atoms with van der Waals surface area (Å²) >= 11 is 1.71. The number of aromatic nitrogens is 1. The third-order valence-electron chi connectivity index (χ3n) is 8.27. The van der Waals surface area contributed by atoms with E-state index in [1.54, 1.807) is 11.3 Å². The van der Waals surface area contributed by atoms with E-state index >= 15 is 0 Å². The highest BCUT2D eigenvalue weighted by molar-refractivity contribution is 7.07. The number of fused-ring (bicyclic) bond motifs is 1. The van der Waals surface area contributed by atoms with Gasteiger partial charge in [0.1, 0.15) is 0 Å². The maximum absolute atomic E-state index is 13.5. The third kappa shape index (κ3) is 7.01. The van der Waals surface area contributed by atoms with Crippen LogP contribution in [0.15, 0.2) is 77.6 Å². The van der Waals surface area contributed by atoms with Crippen molar-refractivity contribution in [1.82, 2.24) is 14.4 Å². The molecule has 2 N–H and O–H groups in total. The number of thiophene rings is 1. The fraction of sp³-hybridized carbons (Fsp3) is 0.394. The van der Waals surface area contributed by atoms with Crippen molar-refractivity contribution in [2.45, 2.75) is 45.1 Å². The van der Waals surface area contributed by atoms with Gasteiger partial charge >= 0.3 is 0 Å². The van der Waals surface area contributed by atoms with Crippen LogP contribution in [-0.4, -0.2) is 58.9 Å². The Morgan fingerprint density at radius 2 is 1.68 bits per heavy atom. The Labute approximate surface area is 241 Å². The van der Waals surface area contributed by atoms with E-state index in [2.05, 4.69) is 36.1 Å². The molecule has 4 aromatic rings. The zero-order chi connectivity index (χ0) is 27.9. The van der Waals surface area contributed by atoms with Crippen LogP contribution in [0.2, 0.25) is 0 Å². The van der Waals surface area contributed by atoms with Crippen molar-refractivity contribution < 1.29 is 9.59 Å². The summed E-state index contributed by atoms with van der Waals surface area (Å²) in [5, 5.41) is 5.10. The molecule has 0 radical (unpaired) electrons. The van der Waals surface area contributed by atoms with Gasteiger partial charge in [-0.3, -0.25) is 9.59 Å². The lowest BCUT2D eigenvalue weighted by Crippen LogP contribution is -2.38. The smallest absolute Gasteiger partial charge is 0.256 e. The average molecular weight is 557 g/mol. The van der Waals surface area contributed by atoms with E-state index in [4.69, 9.17) is 5.73 Å². The molecule has 0 saturated carbocycles. The Morgan fingerprint density at radius 1 is 0.925 bits per heavy atom. The first kappa shape index (κ1) is 28.1. The molecule has 7 heteroatoms. The second-order valence-electron chi connectivity index (χ2n) is 11.2.